The second-order valence-electron chi connectivity index (χ2n) is 2.21. The second kappa shape index (κ2) is 2.69. The smallest absolute Gasteiger partial charge is 0.338 e. The van der Waals surface area contributed by atoms with Crippen LogP contribution in [0.5, 0.6) is 0 Å². The average Bonchev–Trinajstić information content (AvgIpc) is 1.95. The van der Waals surface area contributed by atoms with E-state index in [4.69, 9.17) is 0 Å². The van der Waals surface area contributed by atoms with E-state index in [2.05, 4.69) is 4.42 Å². The Bertz CT molecular complexity index is 273. The Balaban J connectivity index is 3.28. The molecule has 10 heavy (non-hydrogen) atoms. The van der Waals surface area contributed by atoms with Crippen LogP contribution < -0.4 is 5.63 Å². The molecule has 0 unspecified atom stereocenters. The monoisotopic (exact) mass is 138 g/mol. The highest BCUT2D eigenvalue weighted by molar-refractivity contribution is 5.19. The van der Waals surface area contributed by atoms with Crippen molar-refractivity contribution in [3.63, 3.8) is 0 Å². The summed E-state index contributed by atoms with van der Waals surface area (Å²) in [6.07, 6.45) is 2.33. The van der Waals surface area contributed by atoms with Crippen LogP contribution >= 0.6 is 0 Å². The van der Waals surface area contributed by atoms with Gasteiger partial charge in [0.05, 0.1) is 6.26 Å². The Morgan fingerprint density at radius 1 is 1.60 bits per heavy atom. The van der Waals surface area contributed by atoms with Crippen LogP contribution in [0.25, 0.3) is 0 Å². The lowest BCUT2D eigenvalue weighted by molar-refractivity contribution is 0.502. The van der Waals surface area contributed by atoms with Crippen LogP contribution in [0.2, 0.25) is 0 Å². The highest BCUT2D eigenvalue weighted by Gasteiger charge is 1.98. The van der Waals surface area contributed by atoms with Crippen LogP contribution in [0.4, 0.5) is 0 Å². The van der Waals surface area contributed by atoms with Gasteiger partial charge in [0, 0.05) is 5.56 Å². The number of aryl methyl sites for hydroxylation is 1. The van der Waals surface area contributed by atoms with Crippen molar-refractivity contribution < 1.29 is 4.42 Å². The summed E-state index contributed by atoms with van der Waals surface area (Å²) in [7, 11) is 0. The Morgan fingerprint density at radius 2 is 2.30 bits per heavy atom. The number of hydrogen-bond acceptors (Lipinski definition) is 2. The van der Waals surface area contributed by atoms with Crippen molar-refractivity contribution in [2.24, 2.45) is 0 Å². The summed E-state index contributed by atoms with van der Waals surface area (Å²) in [4.78, 5) is 10.8. The fourth-order valence-corrected chi connectivity index (χ4v) is 0.905. The molecule has 1 aromatic rings. The molecule has 0 atom stereocenters. The van der Waals surface area contributed by atoms with Gasteiger partial charge in [-0.25, -0.2) is 4.79 Å². The van der Waals surface area contributed by atoms with Crippen LogP contribution in [0, 0.1) is 6.92 Å². The maximum absolute atomic E-state index is 10.8. The van der Waals surface area contributed by atoms with Crippen LogP contribution in [-0.2, 0) is 6.42 Å². The minimum absolute atomic E-state index is 0.223. The zero-order chi connectivity index (χ0) is 7.56. The molecular formula is C8H10O2. The van der Waals surface area contributed by atoms with Crippen LogP contribution in [-0.4, -0.2) is 0 Å². The van der Waals surface area contributed by atoms with Crippen molar-refractivity contribution in [2.75, 3.05) is 0 Å². The van der Waals surface area contributed by atoms with Crippen molar-refractivity contribution >= 4 is 0 Å². The first-order chi connectivity index (χ1) is 4.75. The molecular weight excluding hydrogens is 128 g/mol. The zero-order valence-corrected chi connectivity index (χ0v) is 6.18. The summed E-state index contributed by atoms with van der Waals surface area (Å²) in [5.41, 5.74) is 1.57. The highest BCUT2D eigenvalue weighted by atomic mass is 16.4. The predicted octanol–water partition coefficient (Wildman–Crippen LogP) is 1.51. The van der Waals surface area contributed by atoms with Gasteiger partial charge in [0.2, 0.25) is 0 Å². The van der Waals surface area contributed by atoms with E-state index < -0.39 is 0 Å². The molecule has 0 N–H and O–H groups in total. The van der Waals surface area contributed by atoms with E-state index >= 15 is 0 Å². The van der Waals surface area contributed by atoms with Gasteiger partial charge in [-0.15, -0.1) is 0 Å². The topological polar surface area (TPSA) is 30.2 Å². The van der Waals surface area contributed by atoms with Crippen LogP contribution in [0.15, 0.2) is 21.5 Å². The van der Waals surface area contributed by atoms with E-state index in [1.54, 1.807) is 6.92 Å². The molecule has 54 valence electrons. The van der Waals surface area contributed by atoms with Gasteiger partial charge in [-0.2, -0.15) is 0 Å². The number of rotatable bonds is 1. The average molecular weight is 138 g/mol. The van der Waals surface area contributed by atoms with E-state index in [1.807, 2.05) is 13.0 Å². The molecule has 0 radical (unpaired) electrons. The molecule has 0 spiro atoms. The van der Waals surface area contributed by atoms with Gasteiger partial charge in [-0.1, -0.05) is 6.92 Å². The van der Waals surface area contributed by atoms with E-state index in [0.717, 1.165) is 17.5 Å². The van der Waals surface area contributed by atoms with Crippen molar-refractivity contribution in [3.05, 3.63) is 33.9 Å². The van der Waals surface area contributed by atoms with Crippen molar-refractivity contribution in [1.82, 2.24) is 0 Å². The Labute approximate surface area is 59.5 Å². The first-order valence-electron chi connectivity index (χ1n) is 3.33. The minimum Gasteiger partial charge on any atom is -0.431 e. The zero-order valence-electron chi connectivity index (χ0n) is 6.18. The first-order valence-corrected chi connectivity index (χ1v) is 3.33. The normalized spacial score (nSPS) is 9.80. The number of hydrogen-bond donors (Lipinski definition) is 0. The van der Waals surface area contributed by atoms with E-state index in [1.165, 1.54) is 6.26 Å². The summed E-state index contributed by atoms with van der Waals surface area (Å²) < 4.78 is 4.64. The molecule has 0 fully saturated rings. The van der Waals surface area contributed by atoms with Crippen LogP contribution in [0.1, 0.15) is 18.1 Å². The van der Waals surface area contributed by atoms with Gasteiger partial charge in [0.25, 0.3) is 0 Å². The molecule has 0 saturated heterocycles. The maximum atomic E-state index is 10.8. The molecule has 0 aliphatic rings. The third-order valence-corrected chi connectivity index (χ3v) is 1.61. The lowest BCUT2D eigenvalue weighted by Crippen LogP contribution is -2.05. The fraction of sp³-hybridized carbons (Fsp3) is 0.375. The third kappa shape index (κ3) is 1.10. The summed E-state index contributed by atoms with van der Waals surface area (Å²) in [5.74, 6) is 0. The molecule has 1 heterocycles. The van der Waals surface area contributed by atoms with Crippen LogP contribution in [0.3, 0.4) is 0 Å². The van der Waals surface area contributed by atoms with Gasteiger partial charge < -0.3 is 4.42 Å². The lowest BCUT2D eigenvalue weighted by Gasteiger charge is -1.96. The largest absolute Gasteiger partial charge is 0.431 e. The first kappa shape index (κ1) is 7.06. The molecule has 0 aliphatic carbocycles. The SMILES string of the molecule is CCc1ccoc(=O)c1C. The van der Waals surface area contributed by atoms with Crippen molar-refractivity contribution in [1.29, 1.82) is 0 Å². The van der Waals surface area contributed by atoms with Crippen molar-refractivity contribution in [3.8, 4) is 0 Å². The quantitative estimate of drug-likeness (QED) is 0.588. The van der Waals surface area contributed by atoms with E-state index in [0.29, 0.717) is 0 Å². The molecule has 1 aromatic heterocycles. The molecule has 0 aromatic carbocycles. The Morgan fingerprint density at radius 3 is 2.80 bits per heavy atom. The molecule has 0 bridgehead atoms. The van der Waals surface area contributed by atoms with E-state index in [-0.39, 0.29) is 5.63 Å². The summed E-state index contributed by atoms with van der Waals surface area (Å²) in [6.45, 7) is 3.80. The highest BCUT2D eigenvalue weighted by Crippen LogP contribution is 2.01. The Kier molecular flexibility index (Phi) is 1.90. The van der Waals surface area contributed by atoms with Gasteiger partial charge in [-0.3, -0.25) is 0 Å². The second-order valence-corrected chi connectivity index (χ2v) is 2.21. The standard InChI is InChI=1S/C8H10O2/c1-3-7-4-5-10-8(9)6(7)2/h4-5H,3H2,1-2H3. The molecule has 2 nitrogen and oxygen atoms in total. The molecule has 0 saturated carbocycles. The summed E-state index contributed by atoms with van der Waals surface area (Å²) in [5, 5.41) is 0. The van der Waals surface area contributed by atoms with Gasteiger partial charge in [-0.05, 0) is 25.0 Å². The Hall–Kier alpha value is -1.05. The molecule has 0 aliphatic heterocycles. The fourth-order valence-electron chi connectivity index (χ4n) is 0.905. The minimum atomic E-state index is -0.223. The van der Waals surface area contributed by atoms with Gasteiger partial charge >= 0.3 is 5.63 Å². The molecule has 1 rings (SSSR count). The van der Waals surface area contributed by atoms with E-state index in [9.17, 15) is 4.79 Å². The van der Waals surface area contributed by atoms with Crippen molar-refractivity contribution in [2.45, 2.75) is 20.3 Å². The molecule has 0 amide bonds. The lowest BCUT2D eigenvalue weighted by atomic mass is 10.1. The summed E-state index contributed by atoms with van der Waals surface area (Å²) >= 11 is 0. The van der Waals surface area contributed by atoms with Gasteiger partial charge in [0.15, 0.2) is 0 Å². The maximum Gasteiger partial charge on any atom is 0.338 e. The predicted molar refractivity (Wildman–Crippen MR) is 39.1 cm³/mol. The van der Waals surface area contributed by atoms with Gasteiger partial charge in [0.1, 0.15) is 0 Å². The summed E-state index contributed by atoms with van der Waals surface area (Å²) in [6, 6.07) is 1.83. The molecule has 2 heteroatoms. The third-order valence-electron chi connectivity index (χ3n) is 1.61.